The second-order valence-corrected chi connectivity index (χ2v) is 6.46. The fourth-order valence-electron chi connectivity index (χ4n) is 3.00. The van der Waals surface area contributed by atoms with Crippen molar-refractivity contribution in [2.45, 2.75) is 40.7 Å². The molecular formula is C22H25NO5. The molecule has 0 aliphatic carbocycles. The minimum Gasteiger partial charge on any atom is -0.494 e. The predicted molar refractivity (Wildman–Crippen MR) is 107 cm³/mol. The third kappa shape index (κ3) is 4.97. The van der Waals surface area contributed by atoms with Gasteiger partial charge in [0, 0.05) is 17.3 Å². The van der Waals surface area contributed by atoms with E-state index in [2.05, 4.69) is 4.98 Å². The van der Waals surface area contributed by atoms with Crippen molar-refractivity contribution in [3.63, 3.8) is 0 Å². The van der Waals surface area contributed by atoms with Crippen LogP contribution in [0.5, 0.6) is 5.75 Å². The van der Waals surface area contributed by atoms with Crippen LogP contribution >= 0.6 is 0 Å². The van der Waals surface area contributed by atoms with E-state index in [1.807, 2.05) is 31.2 Å². The van der Waals surface area contributed by atoms with Gasteiger partial charge >= 0.3 is 5.97 Å². The maximum atomic E-state index is 12.6. The van der Waals surface area contributed by atoms with E-state index in [1.165, 1.54) is 19.9 Å². The molecular weight excluding hydrogens is 358 g/mol. The number of Topliss-reactive ketones (excluding diaryl/α,β-unsaturated/α-hetero) is 2. The Bertz CT molecular complexity index is 906. The molecule has 1 aromatic heterocycles. The maximum Gasteiger partial charge on any atom is 0.331 e. The summed E-state index contributed by atoms with van der Waals surface area (Å²) in [6.07, 6.45) is 1.90. The van der Waals surface area contributed by atoms with Gasteiger partial charge in [-0.25, -0.2) is 4.79 Å². The lowest BCUT2D eigenvalue weighted by Gasteiger charge is -2.10. The Morgan fingerprint density at radius 2 is 1.79 bits per heavy atom. The lowest BCUT2D eigenvalue weighted by atomic mass is 10.0. The number of aryl methyl sites for hydroxylation is 1. The number of carbonyl (C=O) groups is 3. The Morgan fingerprint density at radius 1 is 1.14 bits per heavy atom. The lowest BCUT2D eigenvalue weighted by Crippen LogP contribution is -2.24. The topological polar surface area (TPSA) is 85.5 Å². The molecule has 6 nitrogen and oxygen atoms in total. The van der Waals surface area contributed by atoms with E-state index in [-0.39, 0.29) is 11.6 Å². The molecule has 6 heteroatoms. The van der Waals surface area contributed by atoms with Crippen LogP contribution in [0.1, 0.15) is 58.4 Å². The minimum absolute atomic E-state index is 0.117. The van der Waals surface area contributed by atoms with Gasteiger partial charge in [-0.15, -0.1) is 0 Å². The number of rotatable bonds is 8. The fourth-order valence-corrected chi connectivity index (χ4v) is 3.00. The summed E-state index contributed by atoms with van der Waals surface area (Å²) in [5.41, 5.74) is 2.79. The number of hydrogen-bond acceptors (Lipinski definition) is 5. The van der Waals surface area contributed by atoms with Crippen LogP contribution in [-0.2, 0) is 9.53 Å². The molecule has 1 unspecified atom stereocenters. The Labute approximate surface area is 164 Å². The quantitative estimate of drug-likeness (QED) is 0.422. The molecule has 0 amide bonds. The summed E-state index contributed by atoms with van der Waals surface area (Å²) in [6.45, 7) is 8.88. The van der Waals surface area contributed by atoms with Gasteiger partial charge in [-0.2, -0.15) is 0 Å². The normalized spacial score (nSPS) is 12.0. The van der Waals surface area contributed by atoms with Crippen molar-refractivity contribution in [1.29, 1.82) is 0 Å². The smallest absolute Gasteiger partial charge is 0.331 e. The molecule has 0 saturated carbocycles. The SMILES string of the molecule is CCOc1ccc(/C=C/C(=O)OC(C)C(=O)c2[nH]c(C)c(C(C)=O)c2C)cc1. The number of ketones is 2. The van der Waals surface area contributed by atoms with Crippen LogP contribution in [0.25, 0.3) is 6.08 Å². The van der Waals surface area contributed by atoms with Crippen molar-refractivity contribution in [2.75, 3.05) is 6.61 Å². The van der Waals surface area contributed by atoms with Crippen LogP contribution in [0.3, 0.4) is 0 Å². The average Bonchev–Trinajstić information content (AvgIpc) is 2.95. The van der Waals surface area contributed by atoms with Gasteiger partial charge in [-0.1, -0.05) is 12.1 Å². The summed E-state index contributed by atoms with van der Waals surface area (Å²) in [5, 5.41) is 0. The molecule has 148 valence electrons. The molecule has 2 aromatic rings. The molecule has 0 bridgehead atoms. The van der Waals surface area contributed by atoms with Gasteiger partial charge in [0.1, 0.15) is 5.75 Å². The van der Waals surface area contributed by atoms with Crippen molar-refractivity contribution in [3.05, 3.63) is 58.4 Å². The van der Waals surface area contributed by atoms with Crippen LogP contribution in [0.4, 0.5) is 0 Å². The van der Waals surface area contributed by atoms with E-state index in [4.69, 9.17) is 9.47 Å². The number of hydrogen-bond donors (Lipinski definition) is 1. The summed E-state index contributed by atoms with van der Waals surface area (Å²) >= 11 is 0. The minimum atomic E-state index is -0.978. The highest BCUT2D eigenvalue weighted by Crippen LogP contribution is 2.20. The van der Waals surface area contributed by atoms with Gasteiger partial charge in [-0.05, 0) is 64.0 Å². The van der Waals surface area contributed by atoms with E-state index in [9.17, 15) is 14.4 Å². The fraction of sp³-hybridized carbons (Fsp3) is 0.318. The second kappa shape index (κ2) is 9.17. The number of ether oxygens (including phenoxy) is 2. The monoisotopic (exact) mass is 383 g/mol. The van der Waals surface area contributed by atoms with Gasteiger partial charge in [-0.3, -0.25) is 9.59 Å². The molecule has 0 fully saturated rings. The highest BCUT2D eigenvalue weighted by atomic mass is 16.5. The van der Waals surface area contributed by atoms with Gasteiger partial charge < -0.3 is 14.5 Å². The van der Waals surface area contributed by atoms with Gasteiger partial charge in [0.25, 0.3) is 0 Å². The summed E-state index contributed by atoms with van der Waals surface area (Å²) in [4.78, 5) is 39.3. The number of aromatic nitrogens is 1. The Hall–Kier alpha value is -3.15. The zero-order valence-corrected chi connectivity index (χ0v) is 16.8. The zero-order chi connectivity index (χ0) is 20.8. The summed E-state index contributed by atoms with van der Waals surface area (Å²) in [7, 11) is 0. The van der Waals surface area contributed by atoms with Crippen LogP contribution in [0.15, 0.2) is 30.3 Å². The predicted octanol–water partition coefficient (Wildman–Crippen LogP) is 4.06. The third-order valence-corrected chi connectivity index (χ3v) is 4.30. The van der Waals surface area contributed by atoms with Crippen molar-refractivity contribution in [1.82, 2.24) is 4.98 Å². The highest BCUT2D eigenvalue weighted by Gasteiger charge is 2.25. The third-order valence-electron chi connectivity index (χ3n) is 4.30. The highest BCUT2D eigenvalue weighted by molar-refractivity contribution is 6.05. The number of H-pyrrole nitrogens is 1. The first kappa shape index (κ1) is 21.2. The number of esters is 1. The molecule has 1 atom stereocenters. The van der Waals surface area contributed by atoms with Crippen molar-refractivity contribution >= 4 is 23.6 Å². The van der Waals surface area contributed by atoms with Gasteiger partial charge in [0.2, 0.25) is 5.78 Å². The van der Waals surface area contributed by atoms with Crippen molar-refractivity contribution in [2.24, 2.45) is 0 Å². The summed E-state index contributed by atoms with van der Waals surface area (Å²) in [5.74, 6) is -0.366. The Kier molecular flexibility index (Phi) is 6.93. The molecule has 0 radical (unpaired) electrons. The molecule has 1 N–H and O–H groups in total. The Morgan fingerprint density at radius 3 is 2.32 bits per heavy atom. The number of aromatic amines is 1. The summed E-state index contributed by atoms with van der Waals surface area (Å²) < 4.78 is 10.6. The van der Waals surface area contributed by atoms with Crippen molar-refractivity contribution < 1.29 is 23.9 Å². The molecule has 0 aliphatic rings. The number of nitrogens with one attached hydrogen (secondary N) is 1. The van der Waals surface area contributed by atoms with E-state index in [0.717, 1.165) is 11.3 Å². The van der Waals surface area contributed by atoms with Crippen molar-refractivity contribution in [3.8, 4) is 5.75 Å². The summed E-state index contributed by atoms with van der Waals surface area (Å²) in [6, 6.07) is 7.25. The standard InChI is InChI=1S/C22H25NO5/c1-6-27-18-10-7-17(8-11-18)9-12-19(25)28-16(5)22(26)21-13(2)20(15(4)24)14(3)23-21/h7-12,16,23H,6H2,1-5H3/b12-9+. The maximum absolute atomic E-state index is 12.6. The van der Waals surface area contributed by atoms with Crippen LogP contribution < -0.4 is 4.74 Å². The molecule has 1 aromatic carbocycles. The second-order valence-electron chi connectivity index (χ2n) is 6.46. The van der Waals surface area contributed by atoms with Crippen LogP contribution in [-0.4, -0.2) is 35.2 Å². The first-order valence-corrected chi connectivity index (χ1v) is 9.10. The lowest BCUT2D eigenvalue weighted by molar-refractivity contribution is -0.140. The number of benzene rings is 1. The van der Waals surface area contributed by atoms with Gasteiger partial charge in [0.15, 0.2) is 11.9 Å². The van der Waals surface area contributed by atoms with E-state index in [0.29, 0.717) is 29.1 Å². The Balaban J connectivity index is 2.02. The van der Waals surface area contributed by atoms with E-state index < -0.39 is 12.1 Å². The average molecular weight is 383 g/mol. The zero-order valence-electron chi connectivity index (χ0n) is 16.8. The first-order chi connectivity index (χ1) is 13.2. The molecule has 28 heavy (non-hydrogen) atoms. The van der Waals surface area contributed by atoms with Gasteiger partial charge in [0.05, 0.1) is 12.3 Å². The largest absolute Gasteiger partial charge is 0.494 e. The molecule has 0 aliphatic heterocycles. The molecule has 2 rings (SSSR count). The van der Waals surface area contributed by atoms with E-state index >= 15 is 0 Å². The first-order valence-electron chi connectivity index (χ1n) is 9.10. The molecule has 0 spiro atoms. The number of carbonyl (C=O) groups excluding carboxylic acids is 3. The van der Waals surface area contributed by atoms with Crippen LogP contribution in [0, 0.1) is 13.8 Å². The molecule has 0 saturated heterocycles. The van der Waals surface area contributed by atoms with Crippen LogP contribution in [0.2, 0.25) is 0 Å². The molecule has 1 heterocycles. The van der Waals surface area contributed by atoms with E-state index in [1.54, 1.807) is 19.9 Å².